The van der Waals surface area contributed by atoms with Gasteiger partial charge in [-0.05, 0) is 24.3 Å². The van der Waals surface area contributed by atoms with Crippen molar-refractivity contribution in [1.82, 2.24) is 4.81 Å². The monoisotopic (exact) mass is 405 g/mol. The number of nitrogens with zero attached hydrogens (tertiary/aromatic N) is 2. The van der Waals surface area contributed by atoms with Crippen LogP contribution in [0.3, 0.4) is 0 Å². The van der Waals surface area contributed by atoms with Crippen molar-refractivity contribution in [1.29, 1.82) is 0 Å². The summed E-state index contributed by atoms with van der Waals surface area (Å²) in [6, 6.07) is 28.3. The van der Waals surface area contributed by atoms with Crippen LogP contribution in [0.15, 0.2) is 108 Å². The average molecular weight is 405 g/mol. The number of hydrogen-bond donors (Lipinski definition) is 0. The maximum atomic E-state index is 13.9. The molecule has 0 N–H and O–H groups in total. The number of hydrogen-bond acceptors (Lipinski definition) is 2. The van der Waals surface area contributed by atoms with Gasteiger partial charge in [0.2, 0.25) is 0 Å². The van der Waals surface area contributed by atoms with Gasteiger partial charge in [0.15, 0.2) is 0 Å². The first kappa shape index (κ1) is 20.0. The smallest absolute Gasteiger partial charge is 0.429 e. The van der Waals surface area contributed by atoms with E-state index in [0.717, 1.165) is 22.6 Å². The van der Waals surface area contributed by atoms with Gasteiger partial charge < -0.3 is 9.71 Å². The van der Waals surface area contributed by atoms with Gasteiger partial charge in [-0.3, -0.25) is 0 Å². The average Bonchev–Trinajstić information content (AvgIpc) is 2.76. The lowest BCUT2D eigenvalue weighted by molar-refractivity contribution is -0.0577. The lowest BCUT2D eigenvalue weighted by Crippen LogP contribution is -2.70. The summed E-state index contributed by atoms with van der Waals surface area (Å²) >= 11 is 0. The first-order valence-electron chi connectivity index (χ1n) is 9.84. The van der Waals surface area contributed by atoms with Gasteiger partial charge in [-0.1, -0.05) is 91.0 Å². The molecule has 1 aliphatic rings. The third kappa shape index (κ3) is 3.65. The molecule has 1 aliphatic heterocycles. The van der Waals surface area contributed by atoms with Crippen molar-refractivity contribution in [2.75, 3.05) is 0 Å². The zero-order chi connectivity index (χ0) is 21.2. The summed E-state index contributed by atoms with van der Waals surface area (Å²) in [5.74, 6) is 0. The Labute approximate surface area is 174 Å². The highest BCUT2D eigenvalue weighted by atomic mass is 19.4. The van der Waals surface area contributed by atoms with E-state index in [4.69, 9.17) is 0 Å². The Morgan fingerprint density at radius 3 is 1.70 bits per heavy atom. The molecule has 0 aromatic heterocycles. The number of rotatable bonds is 4. The Morgan fingerprint density at radius 2 is 1.23 bits per heavy atom. The molecule has 0 saturated carbocycles. The summed E-state index contributed by atoms with van der Waals surface area (Å²) in [6.45, 7) is 2.17. The van der Waals surface area contributed by atoms with Crippen LogP contribution in [-0.2, 0) is 6.54 Å². The number of alkyl halides is 3. The Balaban J connectivity index is 2.00. The van der Waals surface area contributed by atoms with E-state index in [1.165, 1.54) is 0 Å². The van der Waals surface area contributed by atoms with Gasteiger partial charge >= 0.3 is 6.18 Å². The Bertz CT molecular complexity index is 1020. The molecule has 0 atom stereocenters. The molecule has 2 nitrogen and oxygen atoms in total. The van der Waals surface area contributed by atoms with Crippen LogP contribution in [0.4, 0.5) is 13.2 Å². The molecular weight excluding hydrogens is 384 g/mol. The molecule has 0 radical (unpaired) electrons. The molecule has 0 fully saturated rings. The number of halogens is 3. The van der Waals surface area contributed by atoms with Crippen LogP contribution in [0.1, 0.15) is 12.5 Å². The second-order valence-electron chi connectivity index (χ2n) is 7.51. The van der Waals surface area contributed by atoms with E-state index in [0.29, 0.717) is 12.2 Å². The highest BCUT2D eigenvalue weighted by molar-refractivity contribution is 7.00. The molecule has 0 saturated heterocycles. The Morgan fingerprint density at radius 1 is 0.767 bits per heavy atom. The molecule has 6 heteroatoms. The van der Waals surface area contributed by atoms with Crippen LogP contribution in [0.5, 0.6) is 0 Å². The summed E-state index contributed by atoms with van der Waals surface area (Å²) < 4.78 is 41.6. The van der Waals surface area contributed by atoms with Gasteiger partial charge in [0.25, 0.3) is 6.42 Å². The van der Waals surface area contributed by atoms with Crippen molar-refractivity contribution in [3.05, 3.63) is 108 Å². The van der Waals surface area contributed by atoms with Gasteiger partial charge in [0.05, 0.1) is 5.71 Å². The van der Waals surface area contributed by atoms with Crippen molar-refractivity contribution in [3.63, 3.8) is 0 Å². The molecule has 1 heterocycles. The first-order valence-corrected chi connectivity index (χ1v) is 9.84. The predicted molar refractivity (Wildman–Crippen MR) is 117 cm³/mol. The fraction of sp³-hybridized carbons (Fsp3) is 0.125. The highest BCUT2D eigenvalue weighted by Gasteiger charge is 2.43. The molecule has 152 valence electrons. The van der Waals surface area contributed by atoms with E-state index in [9.17, 15) is 13.2 Å². The molecule has 0 aliphatic carbocycles. The summed E-state index contributed by atoms with van der Waals surface area (Å²) in [4.78, 5) is 6.47. The fourth-order valence-electron chi connectivity index (χ4n) is 4.22. The van der Waals surface area contributed by atoms with Gasteiger partial charge in [-0.25, -0.2) is 0 Å². The normalized spacial score (nSPS) is 16.1. The largest absolute Gasteiger partial charge is 0.519 e. The Hall–Kier alpha value is -3.28. The maximum absolute atomic E-state index is 13.9. The summed E-state index contributed by atoms with van der Waals surface area (Å²) in [7, 11) is 0. The zero-order valence-electron chi connectivity index (χ0n) is 16.6. The molecule has 4 rings (SSSR count). The van der Waals surface area contributed by atoms with Gasteiger partial charge in [-0.15, -0.1) is 0 Å². The summed E-state index contributed by atoms with van der Waals surface area (Å²) in [6.07, 6.45) is -5.62. The van der Waals surface area contributed by atoms with Crippen molar-refractivity contribution in [3.8, 4) is 0 Å². The van der Waals surface area contributed by atoms with Crippen LogP contribution in [-0.4, -0.2) is 23.1 Å². The van der Waals surface area contributed by atoms with E-state index in [-0.39, 0.29) is 0 Å². The van der Waals surface area contributed by atoms with Gasteiger partial charge in [0.1, 0.15) is 0 Å². The van der Waals surface area contributed by atoms with Crippen LogP contribution in [0.25, 0.3) is 0 Å². The van der Waals surface area contributed by atoms with Gasteiger partial charge in [-0.2, -0.15) is 24.1 Å². The molecule has 3 aromatic rings. The lowest BCUT2D eigenvalue weighted by Gasteiger charge is -2.54. The standard InChI is InChI=1S/C24H21BF3N2/c1-19-17-23(24(26,27)28)29-25(21-13-7-3-8-14-21,22-15-9-4-10-16-22)30(19)18-20-11-5-2-6-12-20/h2-17H,18H2,1H3/q-1. The van der Waals surface area contributed by atoms with Crippen LogP contribution in [0, 0.1) is 0 Å². The molecule has 0 amide bonds. The summed E-state index contributed by atoms with van der Waals surface area (Å²) in [5, 5.41) is 0. The SMILES string of the molecule is CC1=CC(C(F)(F)F)=N[B-](c2ccccc2)(c2ccccc2)N1Cc1ccccc1. The quantitative estimate of drug-likeness (QED) is 0.577. The van der Waals surface area contributed by atoms with E-state index in [1.807, 2.05) is 95.8 Å². The topological polar surface area (TPSA) is 15.6 Å². The van der Waals surface area contributed by atoms with E-state index < -0.39 is 18.3 Å². The second kappa shape index (κ2) is 7.86. The number of allylic oxidation sites excluding steroid dienone is 2. The molecule has 0 bridgehead atoms. The van der Waals surface area contributed by atoms with Crippen molar-refractivity contribution >= 4 is 23.1 Å². The Kier molecular flexibility index (Phi) is 5.25. The van der Waals surface area contributed by atoms with E-state index in [2.05, 4.69) is 4.90 Å². The van der Waals surface area contributed by atoms with Gasteiger partial charge in [0, 0.05) is 6.54 Å². The minimum atomic E-state index is -4.53. The van der Waals surface area contributed by atoms with Crippen LogP contribution in [0.2, 0.25) is 0 Å². The van der Waals surface area contributed by atoms with Crippen LogP contribution < -0.4 is 10.9 Å². The maximum Gasteiger partial charge on any atom is 0.429 e. The minimum Gasteiger partial charge on any atom is -0.519 e. The third-order valence-electron chi connectivity index (χ3n) is 5.59. The molecule has 30 heavy (non-hydrogen) atoms. The molecule has 0 unspecified atom stereocenters. The number of benzene rings is 3. The fourth-order valence-corrected chi connectivity index (χ4v) is 4.22. The molecule has 0 spiro atoms. The first-order chi connectivity index (χ1) is 14.4. The molecule has 3 aromatic carbocycles. The lowest BCUT2D eigenvalue weighted by atomic mass is 9.35. The minimum absolute atomic E-state index is 0.446. The third-order valence-corrected chi connectivity index (χ3v) is 5.59. The van der Waals surface area contributed by atoms with E-state index >= 15 is 0 Å². The predicted octanol–water partition coefficient (Wildman–Crippen LogP) is 4.67. The van der Waals surface area contributed by atoms with Crippen LogP contribution >= 0.6 is 0 Å². The highest BCUT2D eigenvalue weighted by Crippen LogP contribution is 2.30. The summed E-state index contributed by atoms with van der Waals surface area (Å²) in [5.41, 5.74) is 2.18. The second-order valence-corrected chi connectivity index (χ2v) is 7.51. The van der Waals surface area contributed by atoms with E-state index in [1.54, 1.807) is 6.92 Å². The van der Waals surface area contributed by atoms with Crippen molar-refractivity contribution in [2.24, 2.45) is 4.90 Å². The molecular formula is C24H21BF3N2-. The van der Waals surface area contributed by atoms with Crippen molar-refractivity contribution < 1.29 is 13.2 Å². The zero-order valence-corrected chi connectivity index (χ0v) is 16.6. The van der Waals surface area contributed by atoms with Crippen molar-refractivity contribution in [2.45, 2.75) is 19.6 Å².